The molecule has 1 aromatic carbocycles. The van der Waals surface area contributed by atoms with Crippen molar-refractivity contribution in [2.75, 3.05) is 26.8 Å². The summed E-state index contributed by atoms with van der Waals surface area (Å²) in [7, 11) is 3.56. The Morgan fingerprint density at radius 1 is 1.30 bits per heavy atom. The van der Waals surface area contributed by atoms with Crippen LogP contribution in [0, 0.1) is 13.8 Å². The van der Waals surface area contributed by atoms with Gasteiger partial charge in [-0.25, -0.2) is 4.99 Å². The van der Waals surface area contributed by atoms with Gasteiger partial charge < -0.3 is 25.0 Å². The molecule has 150 valence electrons. The molecule has 0 fully saturated rings. The van der Waals surface area contributed by atoms with Gasteiger partial charge in [0.15, 0.2) is 11.8 Å². The van der Waals surface area contributed by atoms with Gasteiger partial charge in [-0.15, -0.1) is 34.2 Å². The number of nitrogens with one attached hydrogen (secondary N) is 2. The number of aliphatic hydroxyl groups excluding tert-OH is 1. The zero-order valence-electron chi connectivity index (χ0n) is 16.3. The Balaban J connectivity index is 0.00000364. The van der Waals surface area contributed by atoms with Crippen LogP contribution in [0.3, 0.4) is 0 Å². The third kappa shape index (κ3) is 7.43. The number of hydrogen-bond acceptors (Lipinski definition) is 5. The SMILES string of the molecule is COCCNC(=NCc1nnc(C)n1C)NCC(O)c1cccc(C)c1.I. The number of ether oxygens (including phenoxy) is 1. The average molecular weight is 488 g/mol. The molecule has 3 N–H and O–H groups in total. The zero-order valence-corrected chi connectivity index (χ0v) is 18.6. The molecule has 27 heavy (non-hydrogen) atoms. The summed E-state index contributed by atoms with van der Waals surface area (Å²) in [6, 6.07) is 7.84. The van der Waals surface area contributed by atoms with Crippen molar-refractivity contribution in [3.63, 3.8) is 0 Å². The number of aromatic nitrogens is 3. The Hall–Kier alpha value is -1.72. The first-order valence-electron chi connectivity index (χ1n) is 8.62. The summed E-state index contributed by atoms with van der Waals surface area (Å²) in [5.41, 5.74) is 1.99. The predicted octanol–water partition coefficient (Wildman–Crippen LogP) is 1.47. The lowest BCUT2D eigenvalue weighted by atomic mass is 10.1. The van der Waals surface area contributed by atoms with Gasteiger partial charge >= 0.3 is 0 Å². The standard InChI is InChI=1S/C18H28N6O2.HI/c1-13-6-5-7-15(10-13)16(25)11-20-18(19-8-9-26-4)21-12-17-23-22-14(2)24(17)3;/h5-7,10,16,25H,8-9,11-12H2,1-4H3,(H2,19,20,21);1H. The fraction of sp³-hybridized carbons (Fsp3) is 0.500. The fourth-order valence-corrected chi connectivity index (χ4v) is 2.37. The second-order valence-corrected chi connectivity index (χ2v) is 6.12. The van der Waals surface area contributed by atoms with E-state index in [9.17, 15) is 5.11 Å². The van der Waals surface area contributed by atoms with Crippen LogP contribution in [0.25, 0.3) is 0 Å². The molecule has 1 aromatic heterocycles. The van der Waals surface area contributed by atoms with Gasteiger partial charge in [-0.1, -0.05) is 29.8 Å². The number of aryl methyl sites for hydroxylation is 2. The highest BCUT2D eigenvalue weighted by atomic mass is 127. The highest BCUT2D eigenvalue weighted by molar-refractivity contribution is 14.0. The van der Waals surface area contributed by atoms with Gasteiger partial charge in [0.2, 0.25) is 0 Å². The molecule has 1 unspecified atom stereocenters. The molecular weight excluding hydrogens is 459 g/mol. The van der Waals surface area contributed by atoms with Crippen molar-refractivity contribution in [3.8, 4) is 0 Å². The van der Waals surface area contributed by atoms with Gasteiger partial charge in [0.1, 0.15) is 12.4 Å². The Kier molecular flexibility index (Phi) is 10.3. The van der Waals surface area contributed by atoms with E-state index in [4.69, 9.17) is 4.74 Å². The fourth-order valence-electron chi connectivity index (χ4n) is 2.37. The lowest BCUT2D eigenvalue weighted by Crippen LogP contribution is -2.41. The highest BCUT2D eigenvalue weighted by Crippen LogP contribution is 2.13. The lowest BCUT2D eigenvalue weighted by molar-refractivity contribution is 0.180. The Labute approximate surface area is 177 Å². The number of nitrogens with zero attached hydrogens (tertiary/aromatic N) is 4. The van der Waals surface area contributed by atoms with Gasteiger partial charge in [0.05, 0.1) is 12.7 Å². The topological polar surface area (TPSA) is 96.6 Å². The van der Waals surface area contributed by atoms with Gasteiger partial charge in [-0.2, -0.15) is 0 Å². The Morgan fingerprint density at radius 2 is 2.07 bits per heavy atom. The van der Waals surface area contributed by atoms with Crippen molar-refractivity contribution in [2.24, 2.45) is 12.0 Å². The summed E-state index contributed by atoms with van der Waals surface area (Å²) in [4.78, 5) is 4.53. The molecule has 2 rings (SSSR count). The van der Waals surface area contributed by atoms with Crippen LogP contribution in [0.2, 0.25) is 0 Å². The van der Waals surface area contributed by atoms with Crippen LogP contribution in [0.1, 0.15) is 28.9 Å². The number of aliphatic imine (C=N–C) groups is 1. The summed E-state index contributed by atoms with van der Waals surface area (Å²) >= 11 is 0. The zero-order chi connectivity index (χ0) is 18.9. The molecule has 0 aliphatic carbocycles. The summed E-state index contributed by atoms with van der Waals surface area (Å²) in [6.07, 6.45) is -0.624. The van der Waals surface area contributed by atoms with E-state index in [0.717, 1.165) is 22.8 Å². The molecule has 8 nitrogen and oxygen atoms in total. The monoisotopic (exact) mass is 488 g/mol. The maximum Gasteiger partial charge on any atom is 0.191 e. The van der Waals surface area contributed by atoms with Crippen molar-refractivity contribution in [1.29, 1.82) is 0 Å². The Bertz CT molecular complexity index is 734. The van der Waals surface area contributed by atoms with E-state index in [0.29, 0.717) is 32.2 Å². The largest absolute Gasteiger partial charge is 0.387 e. The molecule has 0 radical (unpaired) electrons. The molecule has 0 aliphatic heterocycles. The van der Waals surface area contributed by atoms with Crippen LogP contribution in [0.4, 0.5) is 0 Å². The van der Waals surface area contributed by atoms with E-state index in [-0.39, 0.29) is 24.0 Å². The van der Waals surface area contributed by atoms with E-state index >= 15 is 0 Å². The van der Waals surface area contributed by atoms with E-state index < -0.39 is 6.10 Å². The first-order chi connectivity index (χ1) is 12.5. The van der Waals surface area contributed by atoms with Gasteiger partial charge in [-0.05, 0) is 19.4 Å². The number of aliphatic hydroxyl groups is 1. The number of benzene rings is 1. The molecule has 0 saturated carbocycles. The van der Waals surface area contributed by atoms with Gasteiger partial charge in [-0.3, -0.25) is 0 Å². The molecular formula is C18H29IN6O2. The van der Waals surface area contributed by atoms with Crippen molar-refractivity contribution in [3.05, 3.63) is 47.0 Å². The van der Waals surface area contributed by atoms with Crippen molar-refractivity contribution >= 4 is 29.9 Å². The average Bonchev–Trinajstić information content (AvgIpc) is 2.95. The summed E-state index contributed by atoms with van der Waals surface area (Å²) in [5.74, 6) is 2.20. The lowest BCUT2D eigenvalue weighted by Gasteiger charge is -2.16. The second-order valence-electron chi connectivity index (χ2n) is 6.12. The van der Waals surface area contributed by atoms with E-state index in [2.05, 4.69) is 25.8 Å². The molecule has 0 saturated heterocycles. The van der Waals surface area contributed by atoms with Crippen LogP contribution in [0.5, 0.6) is 0 Å². The third-order valence-corrected chi connectivity index (χ3v) is 4.05. The number of guanidine groups is 1. The number of halogens is 1. The van der Waals surface area contributed by atoms with Gasteiger partial charge in [0, 0.05) is 27.2 Å². The molecule has 1 atom stereocenters. The molecule has 0 amide bonds. The van der Waals surface area contributed by atoms with Crippen LogP contribution in [0.15, 0.2) is 29.3 Å². The molecule has 0 aliphatic rings. The maximum atomic E-state index is 10.4. The minimum absolute atomic E-state index is 0. The first kappa shape index (κ1) is 23.3. The molecule has 0 spiro atoms. The van der Waals surface area contributed by atoms with Crippen LogP contribution in [-0.4, -0.2) is 52.6 Å². The third-order valence-electron chi connectivity index (χ3n) is 4.05. The quantitative estimate of drug-likeness (QED) is 0.226. The number of rotatable bonds is 8. The van der Waals surface area contributed by atoms with Crippen molar-refractivity contribution in [1.82, 2.24) is 25.4 Å². The van der Waals surface area contributed by atoms with E-state index in [1.165, 1.54) is 0 Å². The molecule has 0 bridgehead atoms. The second kappa shape index (κ2) is 11.9. The maximum absolute atomic E-state index is 10.4. The van der Waals surface area contributed by atoms with Crippen LogP contribution >= 0.6 is 24.0 Å². The molecule has 1 heterocycles. The Morgan fingerprint density at radius 3 is 2.70 bits per heavy atom. The number of methoxy groups -OCH3 is 1. The summed E-state index contributed by atoms with van der Waals surface area (Å²) in [6.45, 7) is 5.81. The van der Waals surface area contributed by atoms with E-state index in [1.54, 1.807) is 7.11 Å². The van der Waals surface area contributed by atoms with E-state index in [1.807, 2.05) is 49.7 Å². The minimum atomic E-state index is -0.624. The molecule has 2 aromatic rings. The van der Waals surface area contributed by atoms with Crippen molar-refractivity contribution < 1.29 is 9.84 Å². The van der Waals surface area contributed by atoms with Crippen LogP contribution < -0.4 is 10.6 Å². The normalized spacial score (nSPS) is 12.4. The summed E-state index contributed by atoms with van der Waals surface area (Å²) in [5, 5.41) is 24.9. The minimum Gasteiger partial charge on any atom is -0.387 e. The first-order valence-corrected chi connectivity index (χ1v) is 8.62. The summed E-state index contributed by atoms with van der Waals surface area (Å²) < 4.78 is 6.97. The van der Waals surface area contributed by atoms with Gasteiger partial charge in [0.25, 0.3) is 0 Å². The van der Waals surface area contributed by atoms with Crippen molar-refractivity contribution in [2.45, 2.75) is 26.5 Å². The smallest absolute Gasteiger partial charge is 0.191 e. The van der Waals surface area contributed by atoms with Crippen LogP contribution in [-0.2, 0) is 18.3 Å². The predicted molar refractivity (Wildman–Crippen MR) is 116 cm³/mol. The highest BCUT2D eigenvalue weighted by Gasteiger charge is 2.10. The molecule has 9 heteroatoms. The number of hydrogen-bond donors (Lipinski definition) is 3.